The molecule has 0 aliphatic carbocycles. The molecule has 0 spiro atoms. The van der Waals surface area contributed by atoms with Gasteiger partial charge < -0.3 is 15.4 Å². The van der Waals surface area contributed by atoms with Gasteiger partial charge in [-0.2, -0.15) is 0 Å². The van der Waals surface area contributed by atoms with Crippen LogP contribution in [0.1, 0.15) is 39.7 Å². The highest BCUT2D eigenvalue weighted by Gasteiger charge is 2.17. The van der Waals surface area contributed by atoms with E-state index in [1.54, 1.807) is 0 Å². The summed E-state index contributed by atoms with van der Waals surface area (Å²) in [7, 11) is 0. The standard InChI is InChI=1S/C22H28N2OS/c1-6-22(4,5)17-7-11-19(12-8-17)25-20-13-9-18(10-14-20)24-21(26)23-15-16(2)3/h7-14H,2,6,15H2,1,3-5H3,(H2,23,24,26). The van der Waals surface area contributed by atoms with Crippen LogP contribution < -0.4 is 15.4 Å². The van der Waals surface area contributed by atoms with Gasteiger partial charge in [0.25, 0.3) is 0 Å². The Kier molecular flexibility index (Phi) is 6.81. The summed E-state index contributed by atoms with van der Waals surface area (Å²) in [6.07, 6.45) is 1.10. The van der Waals surface area contributed by atoms with Crippen LogP contribution in [0.15, 0.2) is 60.7 Å². The quantitative estimate of drug-likeness (QED) is 0.462. The molecule has 0 amide bonds. The van der Waals surface area contributed by atoms with Crippen LogP contribution in [0.3, 0.4) is 0 Å². The van der Waals surface area contributed by atoms with E-state index < -0.39 is 0 Å². The Morgan fingerprint density at radius 3 is 2.08 bits per heavy atom. The number of thiocarbonyl (C=S) groups is 1. The Bertz CT molecular complexity index is 749. The van der Waals surface area contributed by atoms with E-state index in [0.29, 0.717) is 11.7 Å². The van der Waals surface area contributed by atoms with Gasteiger partial charge in [0.2, 0.25) is 0 Å². The highest BCUT2D eigenvalue weighted by atomic mass is 32.1. The van der Waals surface area contributed by atoms with E-state index in [1.165, 1.54) is 5.56 Å². The van der Waals surface area contributed by atoms with Gasteiger partial charge in [0.05, 0.1) is 0 Å². The molecule has 0 saturated carbocycles. The van der Waals surface area contributed by atoms with Gasteiger partial charge in [-0.25, -0.2) is 0 Å². The zero-order valence-corrected chi connectivity index (χ0v) is 16.9. The first-order valence-electron chi connectivity index (χ1n) is 8.88. The van der Waals surface area contributed by atoms with Gasteiger partial charge in [-0.05, 0) is 72.9 Å². The van der Waals surface area contributed by atoms with Gasteiger partial charge in [-0.1, -0.05) is 45.1 Å². The summed E-state index contributed by atoms with van der Waals surface area (Å²) < 4.78 is 5.93. The molecule has 0 atom stereocenters. The number of ether oxygens (including phenoxy) is 1. The topological polar surface area (TPSA) is 33.3 Å². The van der Waals surface area contributed by atoms with E-state index in [0.717, 1.165) is 29.2 Å². The van der Waals surface area contributed by atoms with Crippen molar-refractivity contribution in [2.45, 2.75) is 39.5 Å². The van der Waals surface area contributed by atoms with Crippen molar-refractivity contribution in [3.8, 4) is 11.5 Å². The summed E-state index contributed by atoms with van der Waals surface area (Å²) in [4.78, 5) is 0. The molecular weight excluding hydrogens is 340 g/mol. The molecule has 2 N–H and O–H groups in total. The lowest BCUT2D eigenvalue weighted by Gasteiger charge is -2.23. The van der Waals surface area contributed by atoms with Crippen molar-refractivity contribution < 1.29 is 4.74 Å². The Morgan fingerprint density at radius 1 is 1.04 bits per heavy atom. The van der Waals surface area contributed by atoms with E-state index in [9.17, 15) is 0 Å². The number of nitrogens with one attached hydrogen (secondary N) is 2. The molecule has 26 heavy (non-hydrogen) atoms. The molecule has 0 aliphatic heterocycles. The average molecular weight is 369 g/mol. The van der Waals surface area contributed by atoms with Crippen LogP contribution in [0, 0.1) is 0 Å². The highest BCUT2D eigenvalue weighted by Crippen LogP contribution is 2.29. The van der Waals surface area contributed by atoms with Crippen LogP contribution in [-0.2, 0) is 5.41 Å². The maximum absolute atomic E-state index is 5.93. The van der Waals surface area contributed by atoms with Gasteiger partial charge in [-0.15, -0.1) is 0 Å². The van der Waals surface area contributed by atoms with Crippen LogP contribution in [0.25, 0.3) is 0 Å². The maximum Gasteiger partial charge on any atom is 0.171 e. The summed E-state index contributed by atoms with van der Waals surface area (Å²) >= 11 is 5.25. The van der Waals surface area contributed by atoms with Crippen LogP contribution in [-0.4, -0.2) is 11.7 Å². The van der Waals surface area contributed by atoms with Crippen molar-refractivity contribution in [3.63, 3.8) is 0 Å². The Hall–Kier alpha value is -2.33. The number of anilines is 1. The van der Waals surface area contributed by atoms with Crippen molar-refractivity contribution >= 4 is 23.0 Å². The van der Waals surface area contributed by atoms with E-state index in [4.69, 9.17) is 17.0 Å². The summed E-state index contributed by atoms with van der Waals surface area (Å²) in [5, 5.41) is 6.82. The van der Waals surface area contributed by atoms with Gasteiger partial charge in [0.15, 0.2) is 5.11 Å². The van der Waals surface area contributed by atoms with Gasteiger partial charge in [0, 0.05) is 12.2 Å². The second-order valence-corrected chi connectivity index (χ2v) is 7.56. The molecule has 3 nitrogen and oxygen atoms in total. The minimum atomic E-state index is 0.183. The van der Waals surface area contributed by atoms with E-state index in [-0.39, 0.29) is 5.41 Å². The summed E-state index contributed by atoms with van der Waals surface area (Å²) in [6, 6.07) is 16.1. The number of rotatable bonds is 7. The fourth-order valence-corrected chi connectivity index (χ4v) is 2.52. The second-order valence-electron chi connectivity index (χ2n) is 7.15. The Labute approximate surface area is 162 Å². The lowest BCUT2D eigenvalue weighted by Crippen LogP contribution is -2.29. The summed E-state index contributed by atoms with van der Waals surface area (Å²) in [5.74, 6) is 1.62. The molecule has 0 bridgehead atoms. The van der Waals surface area contributed by atoms with Gasteiger partial charge in [-0.3, -0.25) is 0 Å². The molecule has 138 valence electrons. The third-order valence-corrected chi connectivity index (χ3v) is 4.66. The second kappa shape index (κ2) is 8.86. The van der Waals surface area contributed by atoms with Gasteiger partial charge in [0.1, 0.15) is 11.5 Å². The smallest absolute Gasteiger partial charge is 0.171 e. The van der Waals surface area contributed by atoms with Crippen molar-refractivity contribution in [3.05, 3.63) is 66.2 Å². The third-order valence-electron chi connectivity index (χ3n) is 4.42. The number of hydrogen-bond acceptors (Lipinski definition) is 2. The summed E-state index contributed by atoms with van der Waals surface area (Å²) in [5.41, 5.74) is 3.45. The fourth-order valence-electron chi connectivity index (χ4n) is 2.33. The molecule has 0 unspecified atom stereocenters. The molecule has 0 heterocycles. The SMILES string of the molecule is C=C(C)CNC(=S)Nc1ccc(Oc2ccc(C(C)(C)CC)cc2)cc1. The highest BCUT2D eigenvalue weighted by molar-refractivity contribution is 7.80. The number of hydrogen-bond donors (Lipinski definition) is 2. The van der Waals surface area contributed by atoms with E-state index >= 15 is 0 Å². The fraction of sp³-hybridized carbons (Fsp3) is 0.318. The Morgan fingerprint density at radius 2 is 1.58 bits per heavy atom. The van der Waals surface area contributed by atoms with E-state index in [1.807, 2.05) is 43.3 Å². The number of benzene rings is 2. The van der Waals surface area contributed by atoms with Gasteiger partial charge >= 0.3 is 0 Å². The zero-order valence-electron chi connectivity index (χ0n) is 16.1. The molecule has 0 aromatic heterocycles. The normalized spacial score (nSPS) is 10.9. The monoisotopic (exact) mass is 368 g/mol. The van der Waals surface area contributed by atoms with Crippen LogP contribution >= 0.6 is 12.2 Å². The molecule has 0 aliphatic rings. The minimum absolute atomic E-state index is 0.183. The first-order chi connectivity index (χ1) is 12.3. The largest absolute Gasteiger partial charge is 0.457 e. The first-order valence-corrected chi connectivity index (χ1v) is 9.28. The lowest BCUT2D eigenvalue weighted by atomic mass is 9.82. The van der Waals surface area contributed by atoms with Crippen LogP contribution in [0.2, 0.25) is 0 Å². The van der Waals surface area contributed by atoms with Crippen molar-refractivity contribution in [2.24, 2.45) is 0 Å². The summed E-state index contributed by atoms with van der Waals surface area (Å²) in [6.45, 7) is 13.2. The van der Waals surface area contributed by atoms with Crippen LogP contribution in [0.4, 0.5) is 5.69 Å². The van der Waals surface area contributed by atoms with Crippen molar-refractivity contribution in [1.29, 1.82) is 0 Å². The maximum atomic E-state index is 5.93. The lowest BCUT2D eigenvalue weighted by molar-refractivity contribution is 0.478. The molecule has 0 saturated heterocycles. The predicted octanol–water partition coefficient (Wildman–Crippen LogP) is 6.03. The first kappa shape index (κ1) is 20.0. The molecule has 2 aromatic carbocycles. The minimum Gasteiger partial charge on any atom is -0.457 e. The average Bonchev–Trinajstić information content (AvgIpc) is 2.62. The molecular formula is C22H28N2OS. The van der Waals surface area contributed by atoms with Crippen molar-refractivity contribution in [1.82, 2.24) is 5.32 Å². The molecule has 0 fully saturated rings. The Balaban J connectivity index is 1.94. The molecule has 2 aromatic rings. The zero-order chi connectivity index (χ0) is 19.2. The molecule has 2 rings (SSSR count). The molecule has 4 heteroatoms. The predicted molar refractivity (Wildman–Crippen MR) is 115 cm³/mol. The van der Waals surface area contributed by atoms with Crippen LogP contribution in [0.5, 0.6) is 11.5 Å². The molecule has 0 radical (unpaired) electrons. The van der Waals surface area contributed by atoms with Crippen molar-refractivity contribution in [2.75, 3.05) is 11.9 Å². The van der Waals surface area contributed by atoms with E-state index in [2.05, 4.69) is 50.1 Å². The third kappa shape index (κ3) is 5.88.